The second kappa shape index (κ2) is 7.80. The molecule has 0 N–H and O–H groups in total. The van der Waals surface area contributed by atoms with Gasteiger partial charge in [-0.1, -0.05) is 45.0 Å². The van der Waals surface area contributed by atoms with Gasteiger partial charge < -0.3 is 14.2 Å². The van der Waals surface area contributed by atoms with Gasteiger partial charge in [0.2, 0.25) is 5.82 Å². The van der Waals surface area contributed by atoms with Crippen molar-refractivity contribution in [1.82, 2.24) is 15.0 Å². The van der Waals surface area contributed by atoms with Crippen LogP contribution in [0.5, 0.6) is 0 Å². The number of hydrogen-bond donors (Lipinski definition) is 0. The van der Waals surface area contributed by atoms with Gasteiger partial charge in [0.05, 0.1) is 6.42 Å². The molecule has 0 saturated carbocycles. The zero-order chi connectivity index (χ0) is 16.9. The van der Waals surface area contributed by atoms with Crippen LogP contribution in [-0.4, -0.2) is 45.1 Å². The van der Waals surface area contributed by atoms with Crippen LogP contribution in [0.1, 0.15) is 12.3 Å². The molecule has 1 amide bonds. The SMILES string of the molecule is O=C(CCN1CCSC1=O)OCc1nc(-c2cccc(Br)c2)no1. The number of benzene rings is 1. The monoisotopic (exact) mass is 411 g/mol. The Hall–Kier alpha value is -1.87. The van der Waals surface area contributed by atoms with E-state index in [1.54, 1.807) is 4.90 Å². The van der Waals surface area contributed by atoms with E-state index in [1.165, 1.54) is 11.8 Å². The number of carbonyl (C=O) groups is 2. The number of hydrogen-bond acceptors (Lipinski definition) is 7. The minimum absolute atomic E-state index is 0.0124. The third kappa shape index (κ3) is 4.35. The highest BCUT2D eigenvalue weighted by Crippen LogP contribution is 2.20. The summed E-state index contributed by atoms with van der Waals surface area (Å²) in [7, 11) is 0. The second-order valence-corrected chi connectivity index (χ2v) is 7.00. The fourth-order valence-electron chi connectivity index (χ4n) is 2.13. The van der Waals surface area contributed by atoms with Crippen molar-refractivity contribution in [3.8, 4) is 11.4 Å². The van der Waals surface area contributed by atoms with Gasteiger partial charge in [0, 0.05) is 28.9 Å². The van der Waals surface area contributed by atoms with Crippen molar-refractivity contribution in [2.45, 2.75) is 13.0 Å². The highest BCUT2D eigenvalue weighted by Gasteiger charge is 2.21. The first-order valence-electron chi connectivity index (χ1n) is 7.27. The number of thioether (sulfide) groups is 1. The Morgan fingerprint density at radius 2 is 2.33 bits per heavy atom. The van der Waals surface area contributed by atoms with E-state index in [0.29, 0.717) is 18.9 Å². The number of esters is 1. The standard InChI is InChI=1S/C15H14BrN3O4S/c16-11-3-1-2-10(8-11)14-17-12(23-18-14)9-22-13(20)4-5-19-6-7-24-15(19)21/h1-3,8H,4-7,9H2. The molecule has 2 aromatic rings. The van der Waals surface area contributed by atoms with Gasteiger partial charge in [0.1, 0.15) is 0 Å². The molecule has 0 spiro atoms. The molecule has 9 heteroatoms. The molecule has 1 aromatic carbocycles. The Morgan fingerprint density at radius 3 is 3.08 bits per heavy atom. The molecule has 7 nitrogen and oxygen atoms in total. The summed E-state index contributed by atoms with van der Waals surface area (Å²) < 4.78 is 11.1. The Bertz CT molecular complexity index is 752. The number of amides is 1. The van der Waals surface area contributed by atoms with E-state index in [9.17, 15) is 9.59 Å². The largest absolute Gasteiger partial charge is 0.456 e. The van der Waals surface area contributed by atoms with E-state index in [4.69, 9.17) is 9.26 Å². The molecule has 1 aliphatic rings. The van der Waals surface area contributed by atoms with E-state index in [2.05, 4.69) is 26.1 Å². The fraction of sp³-hybridized carbons (Fsp3) is 0.333. The smallest absolute Gasteiger partial charge is 0.308 e. The van der Waals surface area contributed by atoms with E-state index in [0.717, 1.165) is 15.8 Å². The van der Waals surface area contributed by atoms with Gasteiger partial charge in [0.25, 0.3) is 11.1 Å². The topological polar surface area (TPSA) is 85.5 Å². The van der Waals surface area contributed by atoms with Gasteiger partial charge in [-0.15, -0.1) is 0 Å². The molecule has 126 valence electrons. The van der Waals surface area contributed by atoms with Crippen LogP contribution >= 0.6 is 27.7 Å². The first-order chi connectivity index (χ1) is 11.6. The van der Waals surface area contributed by atoms with Gasteiger partial charge >= 0.3 is 5.97 Å². The number of halogens is 1. The maximum atomic E-state index is 11.7. The average Bonchev–Trinajstić information content (AvgIpc) is 3.20. The highest BCUT2D eigenvalue weighted by atomic mass is 79.9. The number of nitrogens with zero attached hydrogens (tertiary/aromatic N) is 3. The van der Waals surface area contributed by atoms with Crippen molar-refractivity contribution in [1.29, 1.82) is 0 Å². The molecule has 1 fully saturated rings. The summed E-state index contributed by atoms with van der Waals surface area (Å²) in [4.78, 5) is 29.0. The van der Waals surface area contributed by atoms with Gasteiger partial charge in [-0.3, -0.25) is 9.59 Å². The Morgan fingerprint density at radius 1 is 1.46 bits per heavy atom. The second-order valence-electron chi connectivity index (χ2n) is 5.03. The lowest BCUT2D eigenvalue weighted by Gasteiger charge is -2.13. The maximum absolute atomic E-state index is 11.7. The molecule has 0 bridgehead atoms. The molecule has 1 saturated heterocycles. The molecule has 0 unspecified atom stereocenters. The van der Waals surface area contributed by atoms with Gasteiger partial charge in [-0.05, 0) is 12.1 Å². The molecule has 1 aliphatic heterocycles. The Labute approximate surface area is 150 Å². The molecule has 2 heterocycles. The van der Waals surface area contributed by atoms with Crippen molar-refractivity contribution in [3.63, 3.8) is 0 Å². The van der Waals surface area contributed by atoms with Gasteiger partial charge in [-0.2, -0.15) is 4.98 Å². The van der Waals surface area contributed by atoms with E-state index in [-0.39, 0.29) is 24.2 Å². The summed E-state index contributed by atoms with van der Waals surface area (Å²) in [5.41, 5.74) is 0.802. The molecule has 0 radical (unpaired) electrons. The molecular weight excluding hydrogens is 398 g/mol. The van der Waals surface area contributed by atoms with Crippen LogP contribution in [-0.2, 0) is 16.1 Å². The minimum Gasteiger partial charge on any atom is -0.456 e. The fourth-order valence-corrected chi connectivity index (χ4v) is 3.38. The molecule has 0 atom stereocenters. The normalized spacial score (nSPS) is 14.2. The maximum Gasteiger partial charge on any atom is 0.308 e. The summed E-state index contributed by atoms with van der Waals surface area (Å²) >= 11 is 4.65. The first-order valence-corrected chi connectivity index (χ1v) is 9.05. The third-order valence-electron chi connectivity index (χ3n) is 3.34. The van der Waals surface area contributed by atoms with Gasteiger partial charge in [-0.25, -0.2) is 0 Å². The van der Waals surface area contributed by atoms with Crippen LogP contribution in [0.2, 0.25) is 0 Å². The van der Waals surface area contributed by atoms with Crippen LogP contribution in [0.15, 0.2) is 33.3 Å². The Kier molecular flexibility index (Phi) is 5.52. The number of aromatic nitrogens is 2. The van der Waals surface area contributed by atoms with E-state index < -0.39 is 5.97 Å². The summed E-state index contributed by atoms with van der Waals surface area (Å²) in [5.74, 6) is 1.03. The number of ether oxygens (including phenoxy) is 1. The predicted molar refractivity (Wildman–Crippen MR) is 91.3 cm³/mol. The predicted octanol–water partition coefficient (Wildman–Crippen LogP) is 3.10. The lowest BCUT2D eigenvalue weighted by atomic mass is 10.2. The summed E-state index contributed by atoms with van der Waals surface area (Å²) in [6.07, 6.45) is 0.152. The quantitative estimate of drug-likeness (QED) is 0.674. The average molecular weight is 412 g/mol. The summed E-state index contributed by atoms with van der Waals surface area (Å²) in [5, 5.41) is 3.88. The van der Waals surface area contributed by atoms with Crippen molar-refractivity contribution in [2.24, 2.45) is 0 Å². The molecule has 0 aliphatic carbocycles. The number of rotatable bonds is 6. The lowest BCUT2D eigenvalue weighted by Crippen LogP contribution is -2.26. The summed E-state index contributed by atoms with van der Waals surface area (Å²) in [6, 6.07) is 7.49. The van der Waals surface area contributed by atoms with Crippen molar-refractivity contribution >= 4 is 38.9 Å². The highest BCUT2D eigenvalue weighted by molar-refractivity contribution is 9.10. The lowest BCUT2D eigenvalue weighted by molar-refractivity contribution is -0.145. The van der Waals surface area contributed by atoms with Crippen molar-refractivity contribution < 1.29 is 18.8 Å². The van der Waals surface area contributed by atoms with E-state index in [1.807, 2.05) is 24.3 Å². The molecule has 24 heavy (non-hydrogen) atoms. The summed E-state index contributed by atoms with van der Waals surface area (Å²) in [6.45, 7) is 0.969. The van der Waals surface area contributed by atoms with Crippen LogP contribution in [0.25, 0.3) is 11.4 Å². The van der Waals surface area contributed by atoms with Crippen LogP contribution in [0, 0.1) is 0 Å². The first kappa shape index (κ1) is 17.0. The van der Waals surface area contributed by atoms with Crippen LogP contribution < -0.4 is 0 Å². The van der Waals surface area contributed by atoms with Crippen LogP contribution in [0.4, 0.5) is 4.79 Å². The van der Waals surface area contributed by atoms with Crippen LogP contribution in [0.3, 0.4) is 0 Å². The zero-order valence-corrected chi connectivity index (χ0v) is 15.0. The molecule has 1 aromatic heterocycles. The van der Waals surface area contributed by atoms with Crippen molar-refractivity contribution in [2.75, 3.05) is 18.8 Å². The van der Waals surface area contributed by atoms with E-state index >= 15 is 0 Å². The Balaban J connectivity index is 1.48. The minimum atomic E-state index is -0.401. The zero-order valence-electron chi connectivity index (χ0n) is 12.6. The molecular formula is C15H14BrN3O4S. The number of carbonyl (C=O) groups excluding carboxylic acids is 2. The molecule has 3 rings (SSSR count). The van der Waals surface area contributed by atoms with Gasteiger partial charge in [0.15, 0.2) is 6.61 Å². The third-order valence-corrected chi connectivity index (χ3v) is 4.72. The van der Waals surface area contributed by atoms with Crippen molar-refractivity contribution in [3.05, 3.63) is 34.6 Å².